The van der Waals surface area contributed by atoms with E-state index < -0.39 is 6.09 Å². The van der Waals surface area contributed by atoms with Gasteiger partial charge in [-0.15, -0.1) is 0 Å². The second kappa shape index (κ2) is 6.60. The van der Waals surface area contributed by atoms with Crippen LogP contribution in [0.3, 0.4) is 0 Å². The fourth-order valence-corrected chi connectivity index (χ4v) is 4.45. The number of rotatable bonds is 3. The highest BCUT2D eigenvalue weighted by atomic mass is 16.6. The summed E-state index contributed by atoms with van der Waals surface area (Å²) in [4.78, 5) is 12.2. The molecular weight excluding hydrogens is 302 g/mol. The van der Waals surface area contributed by atoms with Gasteiger partial charge in [-0.25, -0.2) is 4.79 Å². The molecule has 1 heterocycles. The SMILES string of the molecule is CC1=C[C@H](C)[C@@]2(COC(=O)Nc3ccccc3)CO[C@@H](C)[C@@H]1[C@@H]2C. The average Bonchev–Trinajstić information content (AvgIpc) is 2.54. The zero-order valence-corrected chi connectivity index (χ0v) is 14.9. The van der Waals surface area contributed by atoms with E-state index in [9.17, 15) is 4.79 Å². The van der Waals surface area contributed by atoms with Gasteiger partial charge in [0.05, 0.1) is 12.7 Å². The van der Waals surface area contributed by atoms with Gasteiger partial charge in [-0.1, -0.05) is 43.7 Å². The third-order valence-corrected chi connectivity index (χ3v) is 6.00. The van der Waals surface area contributed by atoms with Crippen molar-refractivity contribution >= 4 is 11.8 Å². The molecule has 4 nitrogen and oxygen atoms in total. The third-order valence-electron chi connectivity index (χ3n) is 6.00. The molecule has 1 N–H and O–H groups in total. The molecule has 130 valence electrons. The molecule has 2 bridgehead atoms. The third kappa shape index (κ3) is 2.95. The first kappa shape index (κ1) is 17.0. The second-order valence-electron chi connectivity index (χ2n) is 7.33. The van der Waals surface area contributed by atoms with Crippen molar-refractivity contribution < 1.29 is 14.3 Å². The van der Waals surface area contributed by atoms with Crippen LogP contribution < -0.4 is 5.32 Å². The van der Waals surface area contributed by atoms with Gasteiger partial charge in [-0.3, -0.25) is 5.32 Å². The van der Waals surface area contributed by atoms with E-state index >= 15 is 0 Å². The first-order chi connectivity index (χ1) is 11.4. The maximum absolute atomic E-state index is 12.2. The lowest BCUT2D eigenvalue weighted by Crippen LogP contribution is -2.56. The molecule has 5 atom stereocenters. The summed E-state index contributed by atoms with van der Waals surface area (Å²) < 4.78 is 11.7. The molecule has 0 saturated carbocycles. The number of amides is 1. The van der Waals surface area contributed by atoms with Crippen molar-refractivity contribution in [2.24, 2.45) is 23.2 Å². The van der Waals surface area contributed by atoms with E-state index in [1.54, 1.807) is 0 Å². The van der Waals surface area contributed by atoms with Gasteiger partial charge in [0.1, 0.15) is 6.61 Å². The van der Waals surface area contributed by atoms with Crippen molar-refractivity contribution in [3.8, 4) is 0 Å². The monoisotopic (exact) mass is 329 g/mol. The minimum Gasteiger partial charge on any atom is -0.449 e. The van der Waals surface area contributed by atoms with Crippen molar-refractivity contribution in [3.05, 3.63) is 42.0 Å². The molecule has 1 aromatic carbocycles. The van der Waals surface area contributed by atoms with Gasteiger partial charge in [0, 0.05) is 17.0 Å². The van der Waals surface area contributed by atoms with Gasteiger partial charge < -0.3 is 9.47 Å². The van der Waals surface area contributed by atoms with Gasteiger partial charge in [0.15, 0.2) is 0 Å². The summed E-state index contributed by atoms with van der Waals surface area (Å²) in [6.07, 6.45) is 2.15. The molecule has 0 radical (unpaired) electrons. The number of hydrogen-bond donors (Lipinski definition) is 1. The quantitative estimate of drug-likeness (QED) is 0.831. The van der Waals surface area contributed by atoms with Crippen LogP contribution in [0.5, 0.6) is 0 Å². The average molecular weight is 329 g/mol. The van der Waals surface area contributed by atoms with E-state index in [1.165, 1.54) is 5.57 Å². The Morgan fingerprint density at radius 1 is 1.29 bits per heavy atom. The topological polar surface area (TPSA) is 47.6 Å². The molecular formula is C20H27NO3. The summed E-state index contributed by atoms with van der Waals surface area (Å²) >= 11 is 0. The van der Waals surface area contributed by atoms with E-state index in [4.69, 9.17) is 9.47 Å². The van der Waals surface area contributed by atoms with Crippen LogP contribution in [0, 0.1) is 23.2 Å². The lowest BCUT2D eigenvalue weighted by Gasteiger charge is -2.54. The number of anilines is 1. The maximum atomic E-state index is 12.2. The molecule has 1 aromatic rings. The van der Waals surface area contributed by atoms with Crippen molar-refractivity contribution in [1.82, 2.24) is 0 Å². The number of allylic oxidation sites excluding steroid dienone is 1. The second-order valence-corrected chi connectivity index (χ2v) is 7.33. The van der Waals surface area contributed by atoms with E-state index in [0.29, 0.717) is 31.0 Å². The van der Waals surface area contributed by atoms with Crippen molar-refractivity contribution in [2.75, 3.05) is 18.5 Å². The van der Waals surface area contributed by atoms with Crippen LogP contribution in [-0.4, -0.2) is 25.4 Å². The Bertz CT molecular complexity index is 627. The fraction of sp³-hybridized carbons (Fsp3) is 0.550. The number of carbonyl (C=O) groups excluding carboxylic acids is 1. The minimum absolute atomic E-state index is 0.148. The Morgan fingerprint density at radius 2 is 2.00 bits per heavy atom. The Hall–Kier alpha value is -1.81. The molecule has 0 spiro atoms. The maximum Gasteiger partial charge on any atom is 0.411 e. The van der Waals surface area contributed by atoms with Crippen LogP contribution in [0.25, 0.3) is 0 Å². The van der Waals surface area contributed by atoms with Crippen molar-refractivity contribution in [1.29, 1.82) is 0 Å². The summed E-state index contributed by atoms with van der Waals surface area (Å²) in [5.74, 6) is 1.14. The smallest absolute Gasteiger partial charge is 0.411 e. The molecule has 24 heavy (non-hydrogen) atoms. The van der Waals surface area contributed by atoms with Crippen LogP contribution in [0.1, 0.15) is 27.7 Å². The number of para-hydroxylation sites is 1. The predicted molar refractivity (Wildman–Crippen MR) is 94.8 cm³/mol. The van der Waals surface area contributed by atoms with Crippen LogP contribution in [-0.2, 0) is 9.47 Å². The molecule has 3 rings (SSSR count). The van der Waals surface area contributed by atoms with E-state index in [-0.39, 0.29) is 11.5 Å². The highest BCUT2D eigenvalue weighted by Crippen LogP contribution is 2.52. The molecule has 1 saturated heterocycles. The highest BCUT2D eigenvalue weighted by molar-refractivity contribution is 5.84. The first-order valence-electron chi connectivity index (χ1n) is 8.73. The summed E-state index contributed by atoms with van der Waals surface area (Å²) in [5.41, 5.74) is 1.99. The van der Waals surface area contributed by atoms with Crippen LogP contribution in [0.4, 0.5) is 10.5 Å². The molecule has 0 unspecified atom stereocenters. The lowest BCUT2D eigenvalue weighted by atomic mass is 9.56. The highest BCUT2D eigenvalue weighted by Gasteiger charge is 2.53. The number of carbonyl (C=O) groups is 1. The number of benzene rings is 1. The van der Waals surface area contributed by atoms with Gasteiger partial charge in [-0.2, -0.15) is 0 Å². The lowest BCUT2D eigenvalue weighted by molar-refractivity contribution is -0.156. The van der Waals surface area contributed by atoms with Gasteiger partial charge in [-0.05, 0) is 37.8 Å². The van der Waals surface area contributed by atoms with Gasteiger partial charge in [0.25, 0.3) is 0 Å². The van der Waals surface area contributed by atoms with Crippen LogP contribution in [0.15, 0.2) is 42.0 Å². The molecule has 1 aliphatic carbocycles. The van der Waals surface area contributed by atoms with Gasteiger partial charge >= 0.3 is 6.09 Å². The molecule has 2 aliphatic rings. The zero-order chi connectivity index (χ0) is 17.3. The standard InChI is InChI=1S/C20H27NO3/c1-13-10-14(2)20(11-23-16(4)18(13)15(20)3)12-24-19(22)21-17-8-6-5-7-9-17/h5-10,14-16,18H,11-12H2,1-4H3,(H,21,22)/t14-,15-,16-,18-,20-/m0/s1. The Kier molecular flexibility index (Phi) is 4.68. The number of ether oxygens (including phenoxy) is 2. The summed E-state index contributed by atoms with van der Waals surface area (Å²) in [6, 6.07) is 9.37. The van der Waals surface area contributed by atoms with Crippen LogP contribution in [0.2, 0.25) is 0 Å². The first-order valence-corrected chi connectivity index (χ1v) is 8.73. The number of nitrogens with one attached hydrogen (secondary N) is 1. The summed E-state index contributed by atoms with van der Waals surface area (Å²) in [5, 5.41) is 2.78. The van der Waals surface area contributed by atoms with Crippen molar-refractivity contribution in [2.45, 2.75) is 33.8 Å². The molecule has 4 heteroatoms. The predicted octanol–water partition coefficient (Wildman–Crippen LogP) is 4.49. The van der Waals surface area contributed by atoms with Crippen LogP contribution >= 0.6 is 0 Å². The largest absolute Gasteiger partial charge is 0.449 e. The minimum atomic E-state index is -0.406. The molecule has 1 aliphatic heterocycles. The van der Waals surface area contributed by atoms with Gasteiger partial charge in [0.2, 0.25) is 0 Å². The molecule has 1 amide bonds. The molecule has 0 aromatic heterocycles. The summed E-state index contributed by atoms with van der Waals surface area (Å²) in [7, 11) is 0. The zero-order valence-electron chi connectivity index (χ0n) is 14.9. The Balaban J connectivity index is 1.70. The van der Waals surface area contributed by atoms with E-state index in [1.807, 2.05) is 30.3 Å². The Morgan fingerprint density at radius 3 is 2.71 bits per heavy atom. The summed E-state index contributed by atoms with van der Waals surface area (Å²) in [6.45, 7) is 9.82. The normalized spacial score (nSPS) is 35.1. The molecule has 1 fully saturated rings. The number of hydrogen-bond acceptors (Lipinski definition) is 3. The fourth-order valence-electron chi connectivity index (χ4n) is 4.45. The van der Waals surface area contributed by atoms with Crippen molar-refractivity contribution in [3.63, 3.8) is 0 Å². The van der Waals surface area contributed by atoms with E-state index in [2.05, 4.69) is 39.1 Å². The number of fused-ring (bicyclic) bond motifs is 2. The Labute approximate surface area is 144 Å². The van der Waals surface area contributed by atoms with E-state index in [0.717, 1.165) is 5.69 Å².